The van der Waals surface area contributed by atoms with Crippen LogP contribution in [-0.2, 0) is 4.74 Å². The first-order valence-electron chi connectivity index (χ1n) is 37.0. The Balaban J connectivity index is 0.000000168. The molecule has 0 spiro atoms. The Morgan fingerprint density at radius 2 is 0.664 bits per heavy atom. The first-order valence-corrected chi connectivity index (χ1v) is 39.3. The molecule has 2 aliphatic rings. The van der Waals surface area contributed by atoms with Gasteiger partial charge in [0.15, 0.2) is 0 Å². The van der Waals surface area contributed by atoms with Crippen LogP contribution >= 0.6 is 62.3 Å². The molecule has 27 nitrogen and oxygen atoms in total. The second-order valence-corrected chi connectivity index (χ2v) is 31.1. The molecule has 5 amide bonds. The summed E-state index contributed by atoms with van der Waals surface area (Å²) in [5.74, 6) is -4.56. The molecule has 14 rings (SSSR count). The molecule has 0 unspecified atom stereocenters. The summed E-state index contributed by atoms with van der Waals surface area (Å²) in [6, 6.07) is 34.5. The number of nitrogens with one attached hydrogen (secondary N) is 5. The van der Waals surface area contributed by atoms with Gasteiger partial charge in [-0.1, -0.05) is 0 Å². The second kappa shape index (κ2) is 38.9. The topological polar surface area (TPSA) is 343 Å². The standard InChI is InChI=1S/C22H21ClF2N4O3.C20H18ClF2N3O4.C19H16ClF2N3O4.C18H15BrClF2N3O2.C3H7N/c1-12(2)29-11-26-18-10-13(9-17(19(18)29)21(31)28-14-3-4-14)20(30)27-15-5-7-16(8-6-15)32-22(23,24)25;1-11(2)26-10-24-16-9-12(8-15(17(16)26)19(28)29-3)18(27)25-13-4-6-14(7-5-13)30-20(21,22)23;1-10(2)25-9-23-15-8-11(7-14(16(15)25)18(27)28)17(26)24-12-3-5-13(6-4-12)29-19(20,21)22;1-10(2)25-9-23-15-8-11(7-14(19)16(15)25)17(26)24-12-3-5-13(6-4-12)27-18(20,21)22;4-3-1-2-3/h5-12,14H,3-4H2,1-2H3,(H,27,30)(H,28,31);4-11H,1-3H3,(H,25,27);3-10H,1-2H3,(H,24,26)(H,27,28);3-10H,1-2H3,(H,24,26);3H,1-2,4H2. The number of hydrogen-bond donors (Lipinski definition) is 7. The Bertz CT molecular complexity index is 5810. The van der Waals surface area contributed by atoms with E-state index < -0.39 is 51.9 Å². The number of carboxylic acids is 1. The Morgan fingerprint density at radius 3 is 0.926 bits per heavy atom. The summed E-state index contributed by atoms with van der Waals surface area (Å²) in [5, 5.41) is 23.1. The van der Waals surface area contributed by atoms with Gasteiger partial charge in [-0.25, -0.2) is 29.5 Å². The van der Waals surface area contributed by atoms with Crippen LogP contribution in [0.2, 0.25) is 0 Å². The molecule has 2 saturated carbocycles. The fraction of sp³-hybridized carbons (Fsp3) is 0.280. The summed E-state index contributed by atoms with van der Waals surface area (Å²) >= 11 is 22.4. The predicted octanol–water partition coefficient (Wildman–Crippen LogP) is 20.4. The monoisotopic (exact) mass is 1840 g/mol. The smallest absolute Gasteiger partial charge is 0.478 e. The number of fused-ring (bicyclic) bond motifs is 4. The molecule has 4 heterocycles. The summed E-state index contributed by atoms with van der Waals surface area (Å²) in [4.78, 5) is 105. The van der Waals surface area contributed by atoms with Crippen molar-refractivity contribution in [2.45, 2.75) is 140 Å². The zero-order chi connectivity index (χ0) is 89.2. The average Bonchev–Trinajstić information content (AvgIpc) is 1.52. The van der Waals surface area contributed by atoms with E-state index in [9.17, 15) is 73.8 Å². The van der Waals surface area contributed by atoms with Gasteiger partial charge in [-0.3, -0.25) is 24.0 Å². The Morgan fingerprint density at radius 1 is 0.410 bits per heavy atom. The van der Waals surface area contributed by atoms with Crippen molar-refractivity contribution in [1.82, 2.24) is 43.5 Å². The van der Waals surface area contributed by atoms with Crippen LogP contribution in [0.5, 0.6) is 23.0 Å². The van der Waals surface area contributed by atoms with Crippen LogP contribution in [0.3, 0.4) is 0 Å². The number of carbonyl (C=O) groups excluding carboxylic acids is 6. The number of imidazole rings is 4. The molecule has 40 heteroatoms. The lowest BCUT2D eigenvalue weighted by molar-refractivity contribution is -0.0972. The van der Waals surface area contributed by atoms with Gasteiger partial charge in [0.2, 0.25) is 0 Å². The number of rotatable bonds is 24. The van der Waals surface area contributed by atoms with Gasteiger partial charge in [0.25, 0.3) is 29.5 Å². The minimum absolute atomic E-state index is 0.0149. The van der Waals surface area contributed by atoms with Crippen LogP contribution in [0.25, 0.3) is 44.1 Å². The maximum atomic E-state index is 12.9. The van der Waals surface area contributed by atoms with Gasteiger partial charge in [0, 0.05) is 132 Å². The molecule has 8 aromatic carbocycles. The minimum Gasteiger partial charge on any atom is -0.478 e. The maximum Gasteiger partial charge on any atom is 0.487 e. The van der Waals surface area contributed by atoms with Crippen LogP contribution in [0, 0.1) is 0 Å². The molecule has 0 aliphatic heterocycles. The number of carbonyl (C=O) groups is 7. The van der Waals surface area contributed by atoms with Crippen molar-refractivity contribution < 1.29 is 97.5 Å². The number of anilines is 4. The molecule has 4 aromatic heterocycles. The van der Waals surface area contributed by atoms with Crippen LogP contribution < -0.4 is 51.3 Å². The third-order valence-corrected chi connectivity index (χ3v) is 18.6. The van der Waals surface area contributed by atoms with Crippen molar-refractivity contribution in [3.05, 3.63) is 214 Å². The van der Waals surface area contributed by atoms with E-state index in [-0.39, 0.29) is 92.8 Å². The molecule has 2 fully saturated rings. The van der Waals surface area contributed by atoms with Crippen molar-refractivity contribution in [3.63, 3.8) is 0 Å². The van der Waals surface area contributed by atoms with E-state index in [4.69, 9.17) is 56.9 Å². The summed E-state index contributed by atoms with van der Waals surface area (Å²) in [6.45, 7) is 15.7. The van der Waals surface area contributed by atoms with Gasteiger partial charge >= 0.3 is 34.2 Å². The van der Waals surface area contributed by atoms with Gasteiger partial charge in [-0.2, -0.15) is 0 Å². The molecular weight excluding hydrogens is 1760 g/mol. The number of hydrogen-bond acceptors (Lipinski definition) is 17. The lowest BCUT2D eigenvalue weighted by Gasteiger charge is -2.14. The largest absolute Gasteiger partial charge is 0.487 e. The minimum atomic E-state index is -3.84. The van der Waals surface area contributed by atoms with Gasteiger partial charge in [0.05, 0.1) is 93.2 Å². The molecule has 122 heavy (non-hydrogen) atoms. The summed E-state index contributed by atoms with van der Waals surface area (Å²) in [5.41, 5.74) is -2.55. The number of methoxy groups -OCH3 is 1. The lowest BCUT2D eigenvalue weighted by Crippen LogP contribution is -2.26. The number of halogens is 13. The van der Waals surface area contributed by atoms with E-state index in [2.05, 4.69) is 81.4 Å². The van der Waals surface area contributed by atoms with Gasteiger partial charge in [-0.15, -0.1) is 35.1 Å². The number of carboxylic acid groups (broad SMARTS) is 1. The van der Waals surface area contributed by atoms with E-state index in [1.54, 1.807) is 53.9 Å². The van der Waals surface area contributed by atoms with Crippen LogP contribution in [0.4, 0.5) is 57.9 Å². The zero-order valence-electron chi connectivity index (χ0n) is 65.9. The van der Waals surface area contributed by atoms with E-state index in [1.807, 2.05) is 69.1 Å². The van der Waals surface area contributed by atoms with Crippen LogP contribution in [0.15, 0.2) is 175 Å². The first kappa shape index (κ1) is 92.5. The quantitative estimate of drug-likeness (QED) is 0.0168. The van der Waals surface area contributed by atoms with E-state index in [0.717, 1.165) is 22.8 Å². The van der Waals surface area contributed by atoms with Crippen LogP contribution in [0.1, 0.15) is 178 Å². The molecule has 12 aromatic rings. The third kappa shape index (κ3) is 25.6. The normalized spacial score (nSPS) is 12.7. The molecule has 2 aliphatic carbocycles. The van der Waals surface area contributed by atoms with Crippen molar-refractivity contribution in [2.75, 3.05) is 28.4 Å². The molecule has 0 saturated heterocycles. The average molecular weight is 1840 g/mol. The first-order chi connectivity index (χ1) is 57.3. The number of benzene rings is 8. The fourth-order valence-electron chi connectivity index (χ4n) is 11.7. The fourth-order valence-corrected chi connectivity index (χ4v) is 12.7. The number of ether oxygens (including phenoxy) is 5. The molecule has 0 bridgehead atoms. The van der Waals surface area contributed by atoms with E-state index >= 15 is 0 Å². The van der Waals surface area contributed by atoms with Gasteiger partial charge in [0.1, 0.15) is 23.0 Å². The Hall–Kier alpha value is -11.8. The highest BCUT2D eigenvalue weighted by molar-refractivity contribution is 9.10. The Kier molecular flexibility index (Phi) is 29.5. The second-order valence-electron chi connectivity index (χ2n) is 28.5. The molecule has 8 N–H and O–H groups in total. The number of aromatic nitrogens is 8. The molecule has 0 radical (unpaired) electrons. The molecular formula is C82H77BrCl4F8N14O13. The number of amides is 5. The van der Waals surface area contributed by atoms with Gasteiger partial charge in [-0.05, 0) is 243 Å². The number of esters is 1. The predicted molar refractivity (Wildman–Crippen MR) is 447 cm³/mol. The highest BCUT2D eigenvalue weighted by Gasteiger charge is 2.33. The highest BCUT2D eigenvalue weighted by atomic mass is 79.9. The van der Waals surface area contributed by atoms with Crippen molar-refractivity contribution in [2.24, 2.45) is 5.73 Å². The van der Waals surface area contributed by atoms with Crippen LogP contribution in [-0.4, -0.2) is 126 Å². The van der Waals surface area contributed by atoms with Crippen molar-refractivity contribution >= 4 is 171 Å². The number of aromatic carboxylic acids is 1. The third-order valence-electron chi connectivity index (χ3n) is 17.7. The maximum absolute atomic E-state index is 12.9. The molecule has 0 atom stereocenters. The molecule has 644 valence electrons. The van der Waals surface area contributed by atoms with E-state index in [1.165, 1.54) is 142 Å². The highest BCUT2D eigenvalue weighted by Crippen LogP contribution is 2.36. The number of nitrogens with zero attached hydrogens (tertiary/aromatic N) is 8. The van der Waals surface area contributed by atoms with Gasteiger partial charge < -0.3 is 79.4 Å². The Labute approximate surface area is 718 Å². The van der Waals surface area contributed by atoms with Crippen molar-refractivity contribution in [3.8, 4) is 23.0 Å². The lowest BCUT2D eigenvalue weighted by atomic mass is 10.1. The van der Waals surface area contributed by atoms with E-state index in [0.29, 0.717) is 78.5 Å². The summed E-state index contributed by atoms with van der Waals surface area (Å²) < 4.78 is 131. The summed E-state index contributed by atoms with van der Waals surface area (Å²) in [7, 11) is 1.25. The zero-order valence-corrected chi connectivity index (χ0v) is 70.5. The number of nitrogens with two attached hydrogens (primary N) is 1. The summed E-state index contributed by atoms with van der Waals surface area (Å²) in [6.07, 6.45) is 10.9. The number of alkyl halides is 12. The SMILES string of the molecule is CC(C)n1cnc2cc(C(=O)Nc3ccc(OC(F)(F)Cl)cc3)cc(Br)c21.CC(C)n1cnc2cc(C(=O)Nc3ccc(OC(F)(F)Cl)cc3)cc(C(=O)NC3CC3)c21.CC(C)n1cnc2cc(C(=O)Nc3ccc(OC(F)(F)Cl)cc3)cc(C(=O)O)c21.COC(=O)c1cc(C(=O)Nc2ccc(OC(F)(F)Cl)cc2)cc2ncn(C(C)C)c12.NC1CC1. The van der Waals surface area contributed by atoms with Crippen molar-refractivity contribution in [1.29, 1.82) is 0 Å².